The predicted molar refractivity (Wildman–Crippen MR) is 75.8 cm³/mol. The minimum absolute atomic E-state index is 0.149. The molecule has 0 aliphatic carbocycles. The lowest BCUT2D eigenvalue weighted by molar-refractivity contribution is 0.101. The van der Waals surface area contributed by atoms with Gasteiger partial charge in [-0.3, -0.25) is 9.59 Å². The molecule has 0 atom stereocenters. The van der Waals surface area contributed by atoms with Gasteiger partial charge in [-0.05, 0) is 24.3 Å². The minimum atomic E-state index is -0.149. The number of carbonyl (C=O) groups is 2. The Labute approximate surface area is 115 Å². The smallest absolute Gasteiger partial charge is 0.213 e. The highest BCUT2D eigenvalue weighted by molar-refractivity contribution is 6.27. The normalized spacial score (nSPS) is 19.4. The number of hydrogen-bond donors (Lipinski definition) is 2. The molecule has 2 aromatic rings. The highest BCUT2D eigenvalue weighted by atomic mass is 16.1. The minimum Gasteiger partial charge on any atom is -0.350 e. The molecule has 2 aliphatic heterocycles. The van der Waals surface area contributed by atoms with Gasteiger partial charge < -0.3 is 10.6 Å². The maximum atomic E-state index is 12.4. The van der Waals surface area contributed by atoms with E-state index in [9.17, 15) is 9.59 Å². The summed E-state index contributed by atoms with van der Waals surface area (Å²) in [6.45, 7) is 0. The van der Waals surface area contributed by atoms with Crippen LogP contribution in [0.1, 0.15) is 20.7 Å². The lowest BCUT2D eigenvalue weighted by Gasteiger charge is -2.03. The van der Waals surface area contributed by atoms with E-state index in [4.69, 9.17) is 0 Å². The number of benzene rings is 2. The number of hydrogen-bond acceptors (Lipinski definition) is 4. The largest absolute Gasteiger partial charge is 0.350 e. The van der Waals surface area contributed by atoms with Gasteiger partial charge in [0.25, 0.3) is 0 Å². The van der Waals surface area contributed by atoms with Crippen molar-refractivity contribution in [3.05, 3.63) is 71.1 Å². The van der Waals surface area contributed by atoms with Crippen LogP contribution in [0.25, 0.3) is 0 Å². The average molecular weight is 262 g/mol. The van der Waals surface area contributed by atoms with Crippen molar-refractivity contribution in [3.63, 3.8) is 0 Å². The maximum absolute atomic E-state index is 12.4. The Hall–Kier alpha value is -2.88. The Morgan fingerprint density at radius 2 is 1.00 bits per heavy atom. The molecular weight excluding hydrogens is 252 g/mol. The van der Waals surface area contributed by atoms with Gasteiger partial charge in [-0.25, -0.2) is 0 Å². The third-order valence-electron chi connectivity index (χ3n) is 3.57. The number of rotatable bonds is 0. The maximum Gasteiger partial charge on any atom is 0.213 e. The zero-order chi connectivity index (χ0) is 13.7. The molecular formula is C16H10N2O2. The molecule has 0 bridgehead atoms. The number of carbonyl (C=O) groups excluding carboxylic acids is 2. The molecule has 4 heteroatoms. The summed E-state index contributed by atoms with van der Waals surface area (Å²) in [5, 5.41) is 6.08. The first-order valence-electron chi connectivity index (χ1n) is 6.31. The van der Waals surface area contributed by atoms with Gasteiger partial charge in [-0.1, -0.05) is 24.3 Å². The molecule has 0 saturated carbocycles. The zero-order valence-corrected chi connectivity index (χ0v) is 10.4. The van der Waals surface area contributed by atoms with Crippen LogP contribution in [-0.4, -0.2) is 11.6 Å². The molecule has 0 amide bonds. The monoisotopic (exact) mass is 262 g/mol. The fourth-order valence-corrected chi connectivity index (χ4v) is 2.58. The molecule has 2 N–H and O–H groups in total. The second-order valence-corrected chi connectivity index (χ2v) is 4.75. The topological polar surface area (TPSA) is 58.2 Å². The van der Waals surface area contributed by atoms with E-state index in [0.717, 1.165) is 11.4 Å². The number of para-hydroxylation sites is 2. The Balaban J connectivity index is 1.85. The first-order chi connectivity index (χ1) is 9.75. The van der Waals surface area contributed by atoms with E-state index < -0.39 is 0 Å². The molecule has 96 valence electrons. The quantitative estimate of drug-likeness (QED) is 0.717. The van der Waals surface area contributed by atoms with Crippen LogP contribution in [0.2, 0.25) is 0 Å². The van der Waals surface area contributed by atoms with Crippen LogP contribution in [0.4, 0.5) is 11.4 Å². The van der Waals surface area contributed by atoms with Crippen molar-refractivity contribution in [3.8, 4) is 0 Å². The van der Waals surface area contributed by atoms with Crippen LogP contribution in [0.15, 0.2) is 59.9 Å². The Bertz CT molecular complexity index is 738. The second-order valence-electron chi connectivity index (χ2n) is 4.75. The van der Waals surface area contributed by atoms with Crippen molar-refractivity contribution in [1.29, 1.82) is 0 Å². The first kappa shape index (κ1) is 11.0. The Morgan fingerprint density at radius 3 is 1.40 bits per heavy atom. The van der Waals surface area contributed by atoms with Crippen molar-refractivity contribution in [2.75, 3.05) is 10.6 Å². The number of ketones is 2. The van der Waals surface area contributed by atoms with Crippen LogP contribution in [0, 0.1) is 0 Å². The van der Waals surface area contributed by atoms with E-state index >= 15 is 0 Å². The molecule has 20 heavy (non-hydrogen) atoms. The first-order valence-corrected chi connectivity index (χ1v) is 6.31. The highest BCUT2D eigenvalue weighted by Crippen LogP contribution is 2.34. The summed E-state index contributed by atoms with van der Waals surface area (Å²) >= 11 is 0. The van der Waals surface area contributed by atoms with Gasteiger partial charge in [0.2, 0.25) is 11.6 Å². The van der Waals surface area contributed by atoms with Crippen LogP contribution in [0.5, 0.6) is 0 Å². The third kappa shape index (κ3) is 1.36. The van der Waals surface area contributed by atoms with Crippen LogP contribution in [0.3, 0.4) is 0 Å². The Morgan fingerprint density at radius 1 is 0.600 bits per heavy atom. The summed E-state index contributed by atoms with van der Waals surface area (Å²) < 4.78 is 0. The average Bonchev–Trinajstić information content (AvgIpc) is 2.98. The summed E-state index contributed by atoms with van der Waals surface area (Å²) in [6.07, 6.45) is 0. The standard InChI is InChI=1S/C16H10N2O2/c19-15-9-5-1-3-7-11(9)17-13(15)14-16(20)10-6-2-4-8-12(10)18-14/h1-8,17-18H/b14-13+. The molecule has 0 aromatic heterocycles. The molecule has 4 rings (SSSR count). The van der Waals surface area contributed by atoms with E-state index in [1.807, 2.05) is 36.4 Å². The summed E-state index contributed by atoms with van der Waals surface area (Å²) in [5.41, 5.74) is 3.33. The van der Waals surface area contributed by atoms with Crippen LogP contribution >= 0.6 is 0 Å². The van der Waals surface area contributed by atoms with Gasteiger partial charge in [-0.15, -0.1) is 0 Å². The second kappa shape index (κ2) is 3.81. The van der Waals surface area contributed by atoms with Crippen molar-refractivity contribution in [1.82, 2.24) is 0 Å². The molecule has 0 unspecified atom stereocenters. The van der Waals surface area contributed by atoms with E-state index in [2.05, 4.69) is 10.6 Å². The zero-order valence-electron chi connectivity index (χ0n) is 10.4. The fraction of sp³-hybridized carbons (Fsp3) is 0. The number of Topliss-reactive ketones (excluding diaryl/α,β-unsaturated/α-hetero) is 2. The van der Waals surface area contributed by atoms with E-state index in [1.165, 1.54) is 0 Å². The molecule has 0 saturated heterocycles. The summed E-state index contributed by atoms with van der Waals surface area (Å²) in [4.78, 5) is 24.7. The van der Waals surface area contributed by atoms with Gasteiger partial charge in [0.1, 0.15) is 11.4 Å². The van der Waals surface area contributed by atoms with E-state index in [1.54, 1.807) is 12.1 Å². The van der Waals surface area contributed by atoms with E-state index in [-0.39, 0.29) is 11.6 Å². The van der Waals surface area contributed by atoms with Gasteiger partial charge in [-0.2, -0.15) is 0 Å². The van der Waals surface area contributed by atoms with Crippen molar-refractivity contribution in [2.24, 2.45) is 0 Å². The summed E-state index contributed by atoms with van der Waals surface area (Å²) in [5.74, 6) is -0.298. The van der Waals surface area contributed by atoms with Crippen molar-refractivity contribution < 1.29 is 9.59 Å². The number of fused-ring (bicyclic) bond motifs is 2. The molecule has 2 heterocycles. The van der Waals surface area contributed by atoms with Crippen molar-refractivity contribution >= 4 is 22.9 Å². The van der Waals surface area contributed by atoms with Crippen LogP contribution in [-0.2, 0) is 0 Å². The number of anilines is 2. The number of allylic oxidation sites excluding steroid dienone is 2. The SMILES string of the molecule is O=C1/C(=C2\Nc3ccccc3C2=O)Nc2ccccc21. The molecule has 2 aromatic carbocycles. The molecule has 0 spiro atoms. The lowest BCUT2D eigenvalue weighted by atomic mass is 10.1. The van der Waals surface area contributed by atoms with Gasteiger partial charge in [0, 0.05) is 22.5 Å². The number of nitrogens with one attached hydrogen (secondary N) is 2. The van der Waals surface area contributed by atoms with Crippen molar-refractivity contribution in [2.45, 2.75) is 0 Å². The molecule has 0 fully saturated rings. The Kier molecular flexibility index (Phi) is 2.09. The van der Waals surface area contributed by atoms with Crippen LogP contribution < -0.4 is 10.6 Å². The lowest BCUT2D eigenvalue weighted by Crippen LogP contribution is -2.13. The highest BCUT2D eigenvalue weighted by Gasteiger charge is 2.34. The third-order valence-corrected chi connectivity index (χ3v) is 3.57. The molecule has 0 radical (unpaired) electrons. The van der Waals surface area contributed by atoms with E-state index in [0.29, 0.717) is 22.5 Å². The van der Waals surface area contributed by atoms with Gasteiger partial charge in [0.05, 0.1) is 0 Å². The van der Waals surface area contributed by atoms with Gasteiger partial charge in [0.15, 0.2) is 0 Å². The predicted octanol–water partition coefficient (Wildman–Crippen LogP) is 2.81. The fourth-order valence-electron chi connectivity index (χ4n) is 2.58. The summed E-state index contributed by atoms with van der Waals surface area (Å²) in [6, 6.07) is 14.5. The van der Waals surface area contributed by atoms with Gasteiger partial charge >= 0.3 is 0 Å². The molecule has 2 aliphatic rings. The molecule has 4 nitrogen and oxygen atoms in total. The summed E-state index contributed by atoms with van der Waals surface area (Å²) in [7, 11) is 0.